The van der Waals surface area contributed by atoms with Gasteiger partial charge in [-0.3, -0.25) is 9.56 Å². The first-order chi connectivity index (χ1) is 15.4. The summed E-state index contributed by atoms with van der Waals surface area (Å²) in [5.74, 6) is 1.43. The summed E-state index contributed by atoms with van der Waals surface area (Å²) in [4.78, 5) is 14.8. The van der Waals surface area contributed by atoms with Crippen LogP contribution in [0.5, 0.6) is 0 Å². The second kappa shape index (κ2) is 11.0. The number of aliphatic imine (C=N–C) groups is 1. The van der Waals surface area contributed by atoms with Crippen molar-refractivity contribution in [1.29, 1.82) is 0 Å². The van der Waals surface area contributed by atoms with Gasteiger partial charge in [0.05, 0.1) is 18.7 Å². The number of nitrogens with zero attached hydrogens (tertiary/aromatic N) is 5. The largest absolute Gasteiger partial charge is 0.416 e. The average molecular weight is 572 g/mol. The number of hydrogen-bond donors (Lipinski definition) is 1. The molecule has 3 heterocycles. The smallest absolute Gasteiger partial charge is 0.370 e. The van der Waals surface area contributed by atoms with Crippen LogP contribution in [0.3, 0.4) is 0 Å². The molecule has 3 aromatic rings. The molecule has 1 aromatic carbocycles. The van der Waals surface area contributed by atoms with Crippen molar-refractivity contribution >= 4 is 29.9 Å². The molecule has 1 atom stereocenters. The third-order valence-electron chi connectivity index (χ3n) is 5.19. The van der Waals surface area contributed by atoms with Gasteiger partial charge in [0.25, 0.3) is 0 Å². The second-order valence-electron chi connectivity index (χ2n) is 7.32. The van der Waals surface area contributed by atoms with Crippen LogP contribution in [0, 0.1) is 0 Å². The summed E-state index contributed by atoms with van der Waals surface area (Å²) in [5, 5.41) is 3.30. The molecule has 0 radical (unpaired) electrons. The molecular weight excluding hydrogens is 548 g/mol. The summed E-state index contributed by atoms with van der Waals surface area (Å²) in [6.07, 6.45) is 2.11. The molecule has 0 saturated carbocycles. The molecule has 33 heavy (non-hydrogen) atoms. The van der Waals surface area contributed by atoms with Crippen LogP contribution in [0.25, 0.3) is 5.82 Å². The van der Waals surface area contributed by atoms with Gasteiger partial charge >= 0.3 is 6.18 Å². The van der Waals surface area contributed by atoms with Gasteiger partial charge in [-0.25, -0.2) is 9.97 Å². The SMILES string of the molecule is CN=C(NCc1ccc(-n2ccnc2)nc1)N1CCOC(c2cccc(C(F)(F)F)c2)C1.I. The lowest BCUT2D eigenvalue weighted by Crippen LogP contribution is -2.48. The highest BCUT2D eigenvalue weighted by molar-refractivity contribution is 14.0. The first kappa shape index (κ1) is 25.0. The zero-order chi connectivity index (χ0) is 22.6. The van der Waals surface area contributed by atoms with Crippen molar-refractivity contribution in [2.45, 2.75) is 18.8 Å². The van der Waals surface area contributed by atoms with Gasteiger partial charge in [0.15, 0.2) is 5.96 Å². The predicted octanol–water partition coefficient (Wildman–Crippen LogP) is 4.05. The van der Waals surface area contributed by atoms with Crippen molar-refractivity contribution < 1.29 is 17.9 Å². The van der Waals surface area contributed by atoms with Crippen molar-refractivity contribution in [3.8, 4) is 5.82 Å². The summed E-state index contributed by atoms with van der Waals surface area (Å²) in [6.45, 7) is 1.89. The lowest BCUT2D eigenvalue weighted by molar-refractivity contribution is -0.137. The molecule has 0 aliphatic carbocycles. The third-order valence-corrected chi connectivity index (χ3v) is 5.19. The van der Waals surface area contributed by atoms with E-state index in [4.69, 9.17) is 4.74 Å². The Morgan fingerprint density at radius 1 is 1.27 bits per heavy atom. The molecule has 1 fully saturated rings. The molecule has 11 heteroatoms. The zero-order valence-electron chi connectivity index (χ0n) is 17.9. The minimum Gasteiger partial charge on any atom is -0.370 e. The van der Waals surface area contributed by atoms with Crippen LogP contribution >= 0.6 is 24.0 Å². The van der Waals surface area contributed by atoms with E-state index in [0.717, 1.165) is 23.5 Å². The van der Waals surface area contributed by atoms with Crippen molar-refractivity contribution in [2.75, 3.05) is 26.7 Å². The third kappa shape index (κ3) is 6.22. The van der Waals surface area contributed by atoms with Gasteiger partial charge in [0.1, 0.15) is 18.2 Å². The Kier molecular flexibility index (Phi) is 8.30. The van der Waals surface area contributed by atoms with Gasteiger partial charge < -0.3 is 15.0 Å². The molecule has 1 saturated heterocycles. The molecule has 1 aliphatic heterocycles. The van der Waals surface area contributed by atoms with Crippen molar-refractivity contribution in [2.24, 2.45) is 4.99 Å². The zero-order valence-corrected chi connectivity index (χ0v) is 20.2. The lowest BCUT2D eigenvalue weighted by Gasteiger charge is -2.35. The highest BCUT2D eigenvalue weighted by Crippen LogP contribution is 2.32. The van der Waals surface area contributed by atoms with Crippen LogP contribution in [-0.4, -0.2) is 52.1 Å². The summed E-state index contributed by atoms with van der Waals surface area (Å²) in [5.41, 5.74) is 0.793. The van der Waals surface area contributed by atoms with Crippen LogP contribution in [0.15, 0.2) is 66.3 Å². The van der Waals surface area contributed by atoms with Crippen LogP contribution in [-0.2, 0) is 17.5 Å². The number of guanidine groups is 1. The quantitative estimate of drug-likeness (QED) is 0.291. The fraction of sp³-hybridized carbons (Fsp3) is 0.318. The fourth-order valence-corrected chi connectivity index (χ4v) is 3.54. The molecule has 2 aromatic heterocycles. The van der Waals surface area contributed by atoms with E-state index in [9.17, 15) is 13.2 Å². The van der Waals surface area contributed by atoms with Gasteiger partial charge in [-0.15, -0.1) is 24.0 Å². The molecule has 0 bridgehead atoms. The number of pyridine rings is 1. The van der Waals surface area contributed by atoms with Crippen molar-refractivity contribution in [3.63, 3.8) is 0 Å². The Labute approximate surface area is 206 Å². The second-order valence-corrected chi connectivity index (χ2v) is 7.32. The van der Waals surface area contributed by atoms with Crippen LogP contribution in [0.2, 0.25) is 0 Å². The molecule has 7 nitrogen and oxygen atoms in total. The van der Waals surface area contributed by atoms with E-state index in [1.807, 2.05) is 27.8 Å². The first-order valence-electron chi connectivity index (χ1n) is 10.1. The number of morpholine rings is 1. The van der Waals surface area contributed by atoms with Gasteiger partial charge in [0.2, 0.25) is 0 Å². The Morgan fingerprint density at radius 3 is 2.79 bits per heavy atom. The number of aromatic nitrogens is 3. The van der Waals surface area contributed by atoms with Crippen LogP contribution in [0.4, 0.5) is 13.2 Å². The molecular formula is C22H24F3IN6O. The summed E-state index contributed by atoms with van der Waals surface area (Å²) in [6, 6.07) is 9.16. The number of rotatable bonds is 4. The number of ether oxygens (including phenoxy) is 1. The number of benzene rings is 1. The summed E-state index contributed by atoms with van der Waals surface area (Å²) in [7, 11) is 1.68. The van der Waals surface area contributed by atoms with Gasteiger partial charge in [-0.1, -0.05) is 18.2 Å². The predicted molar refractivity (Wildman–Crippen MR) is 129 cm³/mol. The molecule has 176 valence electrons. The number of hydrogen-bond acceptors (Lipinski definition) is 4. The number of nitrogens with one attached hydrogen (secondary N) is 1. The van der Waals surface area contributed by atoms with E-state index in [0.29, 0.717) is 37.8 Å². The highest BCUT2D eigenvalue weighted by atomic mass is 127. The number of halogens is 4. The summed E-state index contributed by atoms with van der Waals surface area (Å²) >= 11 is 0. The van der Waals surface area contributed by atoms with E-state index >= 15 is 0 Å². The summed E-state index contributed by atoms with van der Waals surface area (Å²) < 4.78 is 46.8. The minimum atomic E-state index is -4.39. The normalized spacial score (nSPS) is 16.9. The van der Waals surface area contributed by atoms with E-state index in [-0.39, 0.29) is 24.0 Å². The fourth-order valence-electron chi connectivity index (χ4n) is 3.54. The molecule has 4 rings (SSSR count). The Hall–Kier alpha value is -2.67. The minimum absolute atomic E-state index is 0. The Morgan fingerprint density at radius 2 is 2.12 bits per heavy atom. The molecule has 1 N–H and O–H groups in total. The van der Waals surface area contributed by atoms with E-state index in [1.54, 1.807) is 31.8 Å². The highest BCUT2D eigenvalue weighted by Gasteiger charge is 2.32. The standard InChI is InChI=1S/C22H23F3N6O.HI/c1-26-21(29-13-16-5-6-20(28-12-16)31-8-7-27-15-31)30-9-10-32-19(14-30)17-3-2-4-18(11-17)22(23,24)25;/h2-8,11-12,15,19H,9-10,13-14H2,1H3,(H,26,29);1H. The van der Waals surface area contributed by atoms with E-state index in [1.165, 1.54) is 6.07 Å². The van der Waals surface area contributed by atoms with Crippen molar-refractivity contribution in [1.82, 2.24) is 24.8 Å². The van der Waals surface area contributed by atoms with E-state index < -0.39 is 17.8 Å². The van der Waals surface area contributed by atoms with Crippen molar-refractivity contribution in [3.05, 3.63) is 78.0 Å². The Balaban J connectivity index is 0.00000306. The van der Waals surface area contributed by atoms with Gasteiger partial charge in [-0.05, 0) is 29.3 Å². The monoisotopic (exact) mass is 572 g/mol. The first-order valence-corrected chi connectivity index (χ1v) is 10.1. The maximum Gasteiger partial charge on any atom is 0.416 e. The van der Waals surface area contributed by atoms with Crippen LogP contribution in [0.1, 0.15) is 22.8 Å². The topological polar surface area (TPSA) is 67.6 Å². The van der Waals surface area contributed by atoms with Gasteiger partial charge in [-0.2, -0.15) is 13.2 Å². The molecule has 1 unspecified atom stereocenters. The number of imidazole rings is 1. The molecule has 0 amide bonds. The maximum atomic E-state index is 13.1. The van der Waals surface area contributed by atoms with Crippen LogP contribution < -0.4 is 5.32 Å². The number of alkyl halides is 3. The molecule has 0 spiro atoms. The average Bonchev–Trinajstić information content (AvgIpc) is 3.35. The lowest BCUT2D eigenvalue weighted by atomic mass is 10.0. The Bertz CT molecular complexity index is 1060. The van der Waals surface area contributed by atoms with E-state index in [2.05, 4.69) is 20.3 Å². The van der Waals surface area contributed by atoms with Gasteiger partial charge in [0, 0.05) is 38.7 Å². The molecule has 1 aliphatic rings. The maximum absolute atomic E-state index is 13.1.